The highest BCUT2D eigenvalue weighted by Gasteiger charge is 2.26. The van der Waals surface area contributed by atoms with E-state index < -0.39 is 0 Å². The predicted molar refractivity (Wildman–Crippen MR) is 84.1 cm³/mol. The summed E-state index contributed by atoms with van der Waals surface area (Å²) in [6.45, 7) is 4.18. The zero-order valence-corrected chi connectivity index (χ0v) is 13.5. The van der Waals surface area contributed by atoms with E-state index in [1.807, 2.05) is 12.1 Å². The maximum Gasteiger partial charge on any atom is 0.407 e. The fourth-order valence-corrected chi connectivity index (χ4v) is 2.47. The molecule has 1 atom stereocenters. The number of hydrogen-bond donors (Lipinski definition) is 1. The average molecular weight is 373 g/mol. The molecular formula is C15H20INO2. The van der Waals surface area contributed by atoms with E-state index in [4.69, 9.17) is 4.74 Å². The Morgan fingerprint density at radius 1 is 1.42 bits per heavy atom. The standard InChI is InChI=1S/C15H20INO2/c1-10(2)14(19-15(18)17-12-7-8-12)9-11-5-3-4-6-13(11)16/h3-6,10,12,14H,7-9H2,1-2H3,(H,17,18)/t14-/m1/s1. The van der Waals surface area contributed by atoms with Crippen LogP contribution < -0.4 is 5.32 Å². The molecule has 0 spiro atoms. The van der Waals surface area contributed by atoms with Gasteiger partial charge in [-0.1, -0.05) is 32.0 Å². The van der Waals surface area contributed by atoms with E-state index in [1.165, 1.54) is 9.13 Å². The number of nitrogens with one attached hydrogen (secondary N) is 1. The van der Waals surface area contributed by atoms with Crippen LogP contribution in [0.5, 0.6) is 0 Å². The van der Waals surface area contributed by atoms with Crippen LogP contribution in [0.15, 0.2) is 24.3 Å². The van der Waals surface area contributed by atoms with E-state index in [9.17, 15) is 4.79 Å². The normalized spacial score (nSPS) is 16.2. The molecule has 0 aromatic heterocycles. The Balaban J connectivity index is 1.95. The van der Waals surface area contributed by atoms with Gasteiger partial charge in [0.2, 0.25) is 0 Å². The van der Waals surface area contributed by atoms with Crippen molar-refractivity contribution in [2.75, 3.05) is 0 Å². The van der Waals surface area contributed by atoms with Gasteiger partial charge >= 0.3 is 6.09 Å². The van der Waals surface area contributed by atoms with E-state index in [-0.39, 0.29) is 12.2 Å². The Kier molecular flexibility index (Phi) is 5.07. The van der Waals surface area contributed by atoms with Crippen LogP contribution in [0.3, 0.4) is 0 Å². The molecule has 1 N–H and O–H groups in total. The second kappa shape index (κ2) is 6.59. The van der Waals surface area contributed by atoms with Crippen molar-refractivity contribution in [3.63, 3.8) is 0 Å². The lowest BCUT2D eigenvalue weighted by Crippen LogP contribution is -2.34. The largest absolute Gasteiger partial charge is 0.446 e. The minimum absolute atomic E-state index is 0.0744. The van der Waals surface area contributed by atoms with Crippen LogP contribution in [0, 0.1) is 9.49 Å². The lowest BCUT2D eigenvalue weighted by molar-refractivity contribution is 0.0708. The number of carbonyl (C=O) groups excluding carboxylic acids is 1. The van der Waals surface area contributed by atoms with Crippen molar-refractivity contribution in [3.8, 4) is 0 Å². The van der Waals surface area contributed by atoms with Crippen LogP contribution in [-0.4, -0.2) is 18.2 Å². The molecule has 0 heterocycles. The van der Waals surface area contributed by atoms with Gasteiger partial charge in [0.15, 0.2) is 0 Å². The molecule has 1 aromatic rings. The summed E-state index contributed by atoms with van der Waals surface area (Å²) in [7, 11) is 0. The number of hydrogen-bond acceptors (Lipinski definition) is 2. The zero-order valence-electron chi connectivity index (χ0n) is 11.4. The summed E-state index contributed by atoms with van der Waals surface area (Å²) in [6, 6.07) is 8.57. The first-order valence-electron chi connectivity index (χ1n) is 6.77. The van der Waals surface area contributed by atoms with Crippen LogP contribution in [0.1, 0.15) is 32.3 Å². The highest BCUT2D eigenvalue weighted by Crippen LogP contribution is 2.21. The van der Waals surface area contributed by atoms with E-state index in [1.54, 1.807) is 0 Å². The third-order valence-corrected chi connectivity index (χ3v) is 4.33. The molecule has 3 nitrogen and oxygen atoms in total. The topological polar surface area (TPSA) is 38.3 Å². The van der Waals surface area contributed by atoms with Crippen molar-refractivity contribution < 1.29 is 9.53 Å². The number of rotatable bonds is 5. The van der Waals surface area contributed by atoms with Crippen molar-refractivity contribution in [2.24, 2.45) is 5.92 Å². The summed E-state index contributed by atoms with van der Waals surface area (Å²) >= 11 is 2.32. The summed E-state index contributed by atoms with van der Waals surface area (Å²) in [4.78, 5) is 11.7. The maximum atomic E-state index is 11.7. The summed E-state index contributed by atoms with van der Waals surface area (Å²) in [5.41, 5.74) is 1.24. The Morgan fingerprint density at radius 2 is 2.11 bits per heavy atom. The van der Waals surface area contributed by atoms with Crippen LogP contribution in [0.2, 0.25) is 0 Å². The Bertz CT molecular complexity index is 444. The minimum Gasteiger partial charge on any atom is -0.446 e. The first-order valence-corrected chi connectivity index (χ1v) is 7.84. The van der Waals surface area contributed by atoms with Gasteiger partial charge in [-0.25, -0.2) is 4.79 Å². The summed E-state index contributed by atoms with van der Waals surface area (Å²) in [6.07, 6.45) is 2.59. The van der Waals surface area contributed by atoms with E-state index in [0.29, 0.717) is 12.0 Å². The summed E-state index contributed by atoms with van der Waals surface area (Å²) in [5, 5.41) is 2.88. The molecule has 4 heteroatoms. The van der Waals surface area contributed by atoms with Gasteiger partial charge in [-0.15, -0.1) is 0 Å². The van der Waals surface area contributed by atoms with Gasteiger partial charge in [-0.3, -0.25) is 0 Å². The molecule has 1 aromatic carbocycles. The molecule has 19 heavy (non-hydrogen) atoms. The fourth-order valence-electron chi connectivity index (χ4n) is 1.86. The molecule has 1 fully saturated rings. The molecule has 2 rings (SSSR count). The van der Waals surface area contributed by atoms with Crippen molar-refractivity contribution in [1.29, 1.82) is 0 Å². The molecular weight excluding hydrogens is 353 g/mol. The number of amides is 1. The Labute approximate surface area is 128 Å². The third-order valence-electron chi connectivity index (χ3n) is 3.28. The van der Waals surface area contributed by atoms with E-state index in [2.05, 4.69) is 53.9 Å². The SMILES string of the molecule is CC(C)[C@@H](Cc1ccccc1I)OC(=O)NC1CC1. The maximum absolute atomic E-state index is 11.7. The molecule has 1 aliphatic rings. The van der Waals surface area contributed by atoms with Crippen LogP contribution >= 0.6 is 22.6 Å². The highest BCUT2D eigenvalue weighted by atomic mass is 127. The number of carbonyl (C=O) groups is 1. The molecule has 0 unspecified atom stereocenters. The smallest absolute Gasteiger partial charge is 0.407 e. The van der Waals surface area contributed by atoms with Crippen molar-refractivity contribution >= 4 is 28.7 Å². The van der Waals surface area contributed by atoms with Gasteiger partial charge < -0.3 is 10.1 Å². The molecule has 104 valence electrons. The van der Waals surface area contributed by atoms with Crippen LogP contribution in [0.25, 0.3) is 0 Å². The Hall–Kier alpha value is -0.780. The molecule has 1 saturated carbocycles. The monoisotopic (exact) mass is 373 g/mol. The molecule has 0 bridgehead atoms. The van der Waals surface area contributed by atoms with Gasteiger partial charge in [-0.05, 0) is 53.0 Å². The number of benzene rings is 1. The van der Waals surface area contributed by atoms with Gasteiger partial charge in [0.1, 0.15) is 6.10 Å². The average Bonchev–Trinajstić information content (AvgIpc) is 3.14. The van der Waals surface area contributed by atoms with Gasteiger partial charge in [0, 0.05) is 16.0 Å². The molecule has 1 amide bonds. The van der Waals surface area contributed by atoms with E-state index in [0.717, 1.165) is 19.3 Å². The molecule has 0 saturated heterocycles. The second-order valence-corrected chi connectivity index (χ2v) is 6.56. The molecule has 1 aliphatic carbocycles. The Morgan fingerprint density at radius 3 is 2.68 bits per heavy atom. The second-order valence-electron chi connectivity index (χ2n) is 5.40. The van der Waals surface area contributed by atoms with Crippen molar-refractivity contribution in [2.45, 2.75) is 45.3 Å². The lowest BCUT2D eigenvalue weighted by Gasteiger charge is -2.22. The lowest BCUT2D eigenvalue weighted by atomic mass is 9.99. The summed E-state index contributed by atoms with van der Waals surface area (Å²) < 4.78 is 6.79. The van der Waals surface area contributed by atoms with Gasteiger partial charge in [0.05, 0.1) is 0 Å². The summed E-state index contributed by atoms with van der Waals surface area (Å²) in [5.74, 6) is 0.306. The zero-order chi connectivity index (χ0) is 13.8. The number of alkyl carbamates (subject to hydrolysis) is 1. The van der Waals surface area contributed by atoms with Crippen molar-refractivity contribution in [1.82, 2.24) is 5.32 Å². The third kappa shape index (κ3) is 4.67. The predicted octanol–water partition coefficient (Wildman–Crippen LogP) is 3.75. The quantitative estimate of drug-likeness (QED) is 0.799. The van der Waals surface area contributed by atoms with Crippen molar-refractivity contribution in [3.05, 3.63) is 33.4 Å². The fraction of sp³-hybridized carbons (Fsp3) is 0.533. The van der Waals surface area contributed by atoms with Crippen LogP contribution in [-0.2, 0) is 11.2 Å². The first-order chi connectivity index (χ1) is 9.06. The minimum atomic E-state index is -0.271. The first kappa shape index (κ1) is 14.6. The van der Waals surface area contributed by atoms with Gasteiger partial charge in [-0.2, -0.15) is 0 Å². The number of halogens is 1. The highest BCUT2D eigenvalue weighted by molar-refractivity contribution is 14.1. The molecule has 0 radical (unpaired) electrons. The van der Waals surface area contributed by atoms with Crippen LogP contribution in [0.4, 0.5) is 4.79 Å². The number of ether oxygens (including phenoxy) is 1. The molecule has 0 aliphatic heterocycles. The van der Waals surface area contributed by atoms with E-state index >= 15 is 0 Å². The van der Waals surface area contributed by atoms with Gasteiger partial charge in [0.25, 0.3) is 0 Å².